The summed E-state index contributed by atoms with van der Waals surface area (Å²) in [4.78, 5) is 7.73. The van der Waals surface area contributed by atoms with E-state index >= 15 is 0 Å². The topological polar surface area (TPSA) is 37.4 Å². The molecule has 6 heteroatoms. The summed E-state index contributed by atoms with van der Waals surface area (Å²) in [5, 5.41) is 0. The van der Waals surface area contributed by atoms with Crippen molar-refractivity contribution >= 4 is 5.69 Å². The Bertz CT molecular complexity index is 852. The molecule has 2 fully saturated rings. The second-order valence-electron chi connectivity index (χ2n) is 8.42. The first kappa shape index (κ1) is 21.8. The van der Waals surface area contributed by atoms with Crippen LogP contribution in [-0.4, -0.2) is 76.4 Å². The fraction of sp³-hybridized carbons (Fsp3) is 0.520. The van der Waals surface area contributed by atoms with E-state index < -0.39 is 0 Å². The molecule has 0 saturated carbocycles. The van der Waals surface area contributed by atoms with Crippen molar-refractivity contribution in [1.82, 2.24) is 9.80 Å². The van der Waals surface area contributed by atoms with Gasteiger partial charge in [0.15, 0.2) is 11.5 Å². The Hall–Kier alpha value is -2.44. The zero-order chi connectivity index (χ0) is 21.6. The highest BCUT2D eigenvalue weighted by molar-refractivity contribution is 5.58. The number of anilines is 1. The number of hydrogen-bond donors (Lipinski definition) is 0. The molecule has 2 aromatic rings. The largest absolute Gasteiger partial charge is 0.495 e. The zero-order valence-electron chi connectivity index (χ0n) is 19.0. The summed E-state index contributed by atoms with van der Waals surface area (Å²) in [6.07, 6.45) is 2.54. The molecule has 2 heterocycles. The number of para-hydroxylation sites is 2. The van der Waals surface area contributed by atoms with Crippen LogP contribution in [0.3, 0.4) is 0 Å². The first-order chi connectivity index (χ1) is 15.2. The Morgan fingerprint density at radius 3 is 2.29 bits per heavy atom. The fourth-order valence-corrected chi connectivity index (χ4v) is 4.93. The lowest BCUT2D eigenvalue weighted by atomic mass is 10.0. The Morgan fingerprint density at radius 1 is 0.806 bits per heavy atom. The molecule has 2 aliphatic rings. The van der Waals surface area contributed by atoms with Crippen LogP contribution in [0.1, 0.15) is 18.4 Å². The lowest BCUT2D eigenvalue weighted by Crippen LogP contribution is -2.55. The number of hydrogen-bond acceptors (Lipinski definition) is 6. The molecule has 0 spiro atoms. The minimum absolute atomic E-state index is 0.633. The van der Waals surface area contributed by atoms with Crippen LogP contribution in [0.5, 0.6) is 17.2 Å². The van der Waals surface area contributed by atoms with Gasteiger partial charge < -0.3 is 19.1 Å². The van der Waals surface area contributed by atoms with Gasteiger partial charge in [-0.1, -0.05) is 18.2 Å². The van der Waals surface area contributed by atoms with E-state index in [0.717, 1.165) is 63.1 Å². The van der Waals surface area contributed by atoms with Crippen molar-refractivity contribution in [3.8, 4) is 17.2 Å². The van der Waals surface area contributed by atoms with E-state index in [4.69, 9.17) is 14.2 Å². The van der Waals surface area contributed by atoms with Crippen LogP contribution < -0.4 is 19.1 Å². The highest BCUT2D eigenvalue weighted by Gasteiger charge is 2.28. The number of methoxy groups -OCH3 is 3. The lowest BCUT2D eigenvalue weighted by molar-refractivity contribution is 0.0886. The van der Waals surface area contributed by atoms with Gasteiger partial charge in [0.05, 0.1) is 27.0 Å². The molecule has 2 saturated heterocycles. The maximum absolute atomic E-state index is 5.56. The van der Waals surface area contributed by atoms with Crippen LogP contribution >= 0.6 is 0 Å². The summed E-state index contributed by atoms with van der Waals surface area (Å²) < 4.78 is 16.4. The van der Waals surface area contributed by atoms with Gasteiger partial charge in [-0.15, -0.1) is 0 Å². The number of rotatable bonds is 7. The van der Waals surface area contributed by atoms with Gasteiger partial charge in [0.25, 0.3) is 0 Å². The van der Waals surface area contributed by atoms with E-state index in [2.05, 4.69) is 45.0 Å². The summed E-state index contributed by atoms with van der Waals surface area (Å²) in [6, 6.07) is 15.2. The third-order valence-corrected chi connectivity index (χ3v) is 6.59. The molecule has 1 unspecified atom stereocenters. The summed E-state index contributed by atoms with van der Waals surface area (Å²) in [5.74, 6) is 2.56. The van der Waals surface area contributed by atoms with Gasteiger partial charge in [-0.05, 0) is 49.2 Å². The highest BCUT2D eigenvalue weighted by atomic mass is 16.5. The van der Waals surface area contributed by atoms with Crippen LogP contribution in [0.15, 0.2) is 42.5 Å². The van der Waals surface area contributed by atoms with E-state index in [0.29, 0.717) is 6.04 Å². The predicted molar refractivity (Wildman–Crippen MR) is 125 cm³/mol. The Kier molecular flexibility index (Phi) is 7.20. The van der Waals surface area contributed by atoms with Crippen molar-refractivity contribution in [1.29, 1.82) is 0 Å². The van der Waals surface area contributed by atoms with E-state index in [-0.39, 0.29) is 0 Å². The molecule has 0 N–H and O–H groups in total. The van der Waals surface area contributed by atoms with E-state index in [1.165, 1.54) is 24.1 Å². The maximum atomic E-state index is 5.56. The highest BCUT2D eigenvalue weighted by Crippen LogP contribution is 2.30. The molecule has 0 aromatic heterocycles. The van der Waals surface area contributed by atoms with Crippen LogP contribution in [0, 0.1) is 0 Å². The number of ether oxygens (including phenoxy) is 3. The predicted octanol–water partition coefficient (Wildman–Crippen LogP) is 3.50. The molecule has 31 heavy (non-hydrogen) atoms. The van der Waals surface area contributed by atoms with E-state index in [1.807, 2.05) is 12.1 Å². The van der Waals surface area contributed by atoms with Crippen molar-refractivity contribution in [2.45, 2.75) is 25.4 Å². The third kappa shape index (κ3) is 5.08. The molecule has 1 atom stereocenters. The smallest absolute Gasteiger partial charge is 0.161 e. The molecule has 6 nitrogen and oxygen atoms in total. The Labute approximate surface area is 186 Å². The van der Waals surface area contributed by atoms with Gasteiger partial charge in [-0.25, -0.2) is 0 Å². The summed E-state index contributed by atoms with van der Waals surface area (Å²) in [6.45, 7) is 7.55. The monoisotopic (exact) mass is 425 g/mol. The number of nitrogens with zero attached hydrogens (tertiary/aromatic N) is 3. The molecule has 0 radical (unpaired) electrons. The molecule has 0 bridgehead atoms. The molecule has 4 rings (SSSR count). The van der Waals surface area contributed by atoms with Gasteiger partial charge in [0, 0.05) is 45.3 Å². The van der Waals surface area contributed by atoms with Crippen molar-refractivity contribution in [3.63, 3.8) is 0 Å². The third-order valence-electron chi connectivity index (χ3n) is 6.59. The zero-order valence-corrected chi connectivity index (χ0v) is 19.0. The van der Waals surface area contributed by atoms with Crippen LogP contribution in [-0.2, 0) is 6.54 Å². The van der Waals surface area contributed by atoms with E-state index in [1.54, 1.807) is 21.3 Å². The van der Waals surface area contributed by atoms with Gasteiger partial charge in [0.1, 0.15) is 5.75 Å². The van der Waals surface area contributed by atoms with Gasteiger partial charge >= 0.3 is 0 Å². The van der Waals surface area contributed by atoms with Crippen LogP contribution in [0.2, 0.25) is 0 Å². The maximum Gasteiger partial charge on any atom is 0.161 e. The minimum Gasteiger partial charge on any atom is -0.495 e. The first-order valence-corrected chi connectivity index (χ1v) is 11.3. The van der Waals surface area contributed by atoms with Crippen molar-refractivity contribution in [2.75, 3.05) is 65.5 Å². The summed E-state index contributed by atoms with van der Waals surface area (Å²) >= 11 is 0. The number of likely N-dealkylation sites (tertiary alicyclic amines) is 1. The molecular weight excluding hydrogens is 390 g/mol. The number of benzene rings is 2. The lowest BCUT2D eigenvalue weighted by Gasteiger charge is -2.44. The standard InChI is InChI=1S/C25H35N3O3/c1-29-23-9-5-4-8-22(23)28-15-13-27(14-16-28)21-7-6-12-26(19-21)18-20-10-11-24(30-2)25(17-20)31-3/h4-5,8-11,17,21H,6-7,12-16,18-19H2,1-3H3. The molecule has 168 valence electrons. The normalized spacial score (nSPS) is 20.5. The average molecular weight is 426 g/mol. The van der Waals surface area contributed by atoms with Crippen LogP contribution in [0.25, 0.3) is 0 Å². The summed E-state index contributed by atoms with van der Waals surface area (Å²) in [5.41, 5.74) is 2.49. The van der Waals surface area contributed by atoms with Crippen molar-refractivity contribution < 1.29 is 14.2 Å². The molecule has 2 aliphatic heterocycles. The van der Waals surface area contributed by atoms with E-state index in [9.17, 15) is 0 Å². The van der Waals surface area contributed by atoms with Gasteiger partial charge in [0.2, 0.25) is 0 Å². The number of piperidine rings is 1. The Morgan fingerprint density at radius 2 is 1.55 bits per heavy atom. The second-order valence-corrected chi connectivity index (χ2v) is 8.42. The second kappa shape index (κ2) is 10.2. The van der Waals surface area contributed by atoms with Gasteiger partial charge in [-0.3, -0.25) is 9.80 Å². The van der Waals surface area contributed by atoms with Gasteiger partial charge in [-0.2, -0.15) is 0 Å². The Balaban J connectivity index is 1.33. The summed E-state index contributed by atoms with van der Waals surface area (Å²) in [7, 11) is 5.13. The SMILES string of the molecule is COc1ccc(CN2CCCC(N3CCN(c4ccccc4OC)CC3)C2)cc1OC. The van der Waals surface area contributed by atoms with Crippen molar-refractivity contribution in [2.24, 2.45) is 0 Å². The fourth-order valence-electron chi connectivity index (χ4n) is 4.93. The number of piperazine rings is 1. The molecule has 2 aromatic carbocycles. The molecular formula is C25H35N3O3. The minimum atomic E-state index is 0.633. The molecule has 0 aliphatic carbocycles. The average Bonchev–Trinajstić information content (AvgIpc) is 2.84. The quantitative estimate of drug-likeness (QED) is 0.676. The first-order valence-electron chi connectivity index (χ1n) is 11.3. The van der Waals surface area contributed by atoms with Crippen LogP contribution in [0.4, 0.5) is 5.69 Å². The molecule has 0 amide bonds. The van der Waals surface area contributed by atoms with Crippen molar-refractivity contribution in [3.05, 3.63) is 48.0 Å².